The van der Waals surface area contributed by atoms with Crippen LogP contribution in [0.4, 0.5) is 5.69 Å². The highest BCUT2D eigenvalue weighted by Crippen LogP contribution is 2.44. The van der Waals surface area contributed by atoms with Gasteiger partial charge in [-0.1, -0.05) is 19.8 Å². The van der Waals surface area contributed by atoms with Crippen LogP contribution in [0.3, 0.4) is 0 Å². The molecule has 66 heavy (non-hydrogen) atoms. The molecule has 4 N–H and O–H groups in total. The smallest absolute Gasteiger partial charge is 0.336 e. The number of hydrogen-bond acceptors (Lipinski definition) is 11. The molecule has 3 aromatic rings. The molecule has 3 aliphatic rings. The van der Waals surface area contributed by atoms with Gasteiger partial charge in [-0.25, -0.2) is 14.2 Å². The van der Waals surface area contributed by atoms with E-state index in [1.807, 2.05) is 87.1 Å². The van der Waals surface area contributed by atoms with Gasteiger partial charge in [0.15, 0.2) is 8.38 Å². The number of H-pyrrole nitrogens is 1. The molecular formula is C48H57N7O10P+. The number of benzene rings is 3. The first-order valence-corrected chi connectivity index (χ1v) is 23.5. The Balaban J connectivity index is 1.01. The largest absolute Gasteiger partial charge is 0.478 e. The number of carboxylic acids is 1. The molecule has 3 heterocycles. The summed E-state index contributed by atoms with van der Waals surface area (Å²) in [5.41, 5.74) is 2.47. The SMILES string of the molecule is CC[C@H]1O[C@@H](n2cc(/C=C/C(=O)NCCCCCCNC(=O)c3ccc(C(=O)O)c(-c4c5ccc(=[N+](C)C)cc-5oc5cc(N(C)C)ccc45)c3)c(=O)[nH]c2=O)C[C@H]1OP(C)OCCC#N. The van der Waals surface area contributed by atoms with Crippen LogP contribution in [0.25, 0.3) is 39.5 Å². The van der Waals surface area contributed by atoms with Gasteiger partial charge in [0.05, 0.1) is 48.5 Å². The van der Waals surface area contributed by atoms with Crippen LogP contribution in [0.2, 0.25) is 0 Å². The molecule has 348 valence electrons. The van der Waals surface area contributed by atoms with Crippen molar-refractivity contribution >= 4 is 48.9 Å². The van der Waals surface area contributed by atoms with Crippen LogP contribution in [-0.2, 0) is 18.6 Å². The first-order valence-electron chi connectivity index (χ1n) is 21.9. The summed E-state index contributed by atoms with van der Waals surface area (Å²) in [6.45, 7) is 4.79. The molecule has 0 radical (unpaired) electrons. The summed E-state index contributed by atoms with van der Waals surface area (Å²) in [4.78, 5) is 68.4. The zero-order valence-corrected chi connectivity index (χ0v) is 39.0. The van der Waals surface area contributed by atoms with E-state index in [9.17, 15) is 29.1 Å². The van der Waals surface area contributed by atoms with E-state index < -0.39 is 37.7 Å². The lowest BCUT2D eigenvalue weighted by atomic mass is 9.89. The van der Waals surface area contributed by atoms with E-state index in [2.05, 4.69) is 15.6 Å². The van der Waals surface area contributed by atoms with Gasteiger partial charge < -0.3 is 38.8 Å². The fraction of sp³-hybridized carbons (Fsp3) is 0.396. The lowest BCUT2D eigenvalue weighted by Crippen LogP contribution is -2.33. The average molecular weight is 923 g/mol. The first-order chi connectivity index (χ1) is 31.7. The molecule has 1 aliphatic carbocycles. The lowest BCUT2D eigenvalue weighted by molar-refractivity contribution is -0.116. The van der Waals surface area contributed by atoms with Gasteiger partial charge in [-0.3, -0.25) is 23.9 Å². The number of anilines is 1. The topological polar surface area (TPSA) is 221 Å². The third kappa shape index (κ3) is 12.1. The van der Waals surface area contributed by atoms with Crippen molar-refractivity contribution < 1.29 is 37.7 Å². The fourth-order valence-corrected chi connectivity index (χ4v) is 8.77. The number of nitrogens with one attached hydrogen (secondary N) is 3. The highest BCUT2D eigenvalue weighted by atomic mass is 31.2. The number of carbonyl (C=O) groups excluding carboxylic acids is 2. The second-order valence-electron chi connectivity index (χ2n) is 16.3. The van der Waals surface area contributed by atoms with Gasteiger partial charge in [-0.2, -0.15) is 5.26 Å². The van der Waals surface area contributed by atoms with Crippen molar-refractivity contribution in [1.29, 1.82) is 5.26 Å². The Bertz CT molecular complexity index is 2800. The van der Waals surface area contributed by atoms with E-state index in [-0.39, 0.29) is 42.3 Å². The average Bonchev–Trinajstić information content (AvgIpc) is 3.69. The normalized spacial score (nSPS) is 16.3. The van der Waals surface area contributed by atoms with E-state index in [0.29, 0.717) is 77.8 Å². The van der Waals surface area contributed by atoms with Gasteiger partial charge in [0, 0.05) is 92.4 Å². The first kappa shape index (κ1) is 49.0. The quantitative estimate of drug-likeness (QED) is 0.0235. The third-order valence-corrected chi connectivity index (χ3v) is 12.4. The molecular weight excluding hydrogens is 866 g/mol. The molecule has 1 saturated heterocycles. The van der Waals surface area contributed by atoms with Crippen molar-refractivity contribution in [2.45, 2.75) is 70.3 Å². The predicted molar refractivity (Wildman–Crippen MR) is 254 cm³/mol. The van der Waals surface area contributed by atoms with Crippen molar-refractivity contribution in [2.75, 3.05) is 59.5 Å². The van der Waals surface area contributed by atoms with Gasteiger partial charge in [0.1, 0.15) is 31.7 Å². The second-order valence-corrected chi connectivity index (χ2v) is 17.7. The number of aromatic nitrogens is 2. The fourth-order valence-electron chi connectivity index (χ4n) is 7.76. The van der Waals surface area contributed by atoms with Crippen molar-refractivity contribution in [2.24, 2.45) is 0 Å². The van der Waals surface area contributed by atoms with Crippen molar-refractivity contribution in [3.8, 4) is 28.5 Å². The Hall–Kier alpha value is -6.44. The molecule has 4 atom stereocenters. The number of carbonyl (C=O) groups is 3. The maximum Gasteiger partial charge on any atom is 0.336 e. The number of fused-ring (bicyclic) bond motifs is 2. The minimum Gasteiger partial charge on any atom is -0.478 e. The maximum atomic E-state index is 13.5. The highest BCUT2D eigenvalue weighted by Gasteiger charge is 2.38. The van der Waals surface area contributed by atoms with Crippen LogP contribution in [0, 0.1) is 11.3 Å². The number of hydrogen-bond donors (Lipinski definition) is 4. The van der Waals surface area contributed by atoms with Gasteiger partial charge >= 0.3 is 11.7 Å². The van der Waals surface area contributed by atoms with Gasteiger partial charge in [-0.05, 0) is 67.3 Å². The van der Waals surface area contributed by atoms with E-state index in [4.69, 9.17) is 23.5 Å². The van der Waals surface area contributed by atoms with Crippen molar-refractivity contribution in [3.05, 3.63) is 110 Å². The summed E-state index contributed by atoms with van der Waals surface area (Å²) in [7, 11) is 6.46. The predicted octanol–water partition coefficient (Wildman–Crippen LogP) is 5.93. The lowest BCUT2D eigenvalue weighted by Gasteiger charge is -2.20. The number of aromatic carboxylic acids is 1. The minimum atomic E-state index is -1.26. The Labute approximate surface area is 383 Å². The van der Waals surface area contributed by atoms with Crippen molar-refractivity contribution in [3.63, 3.8) is 0 Å². The number of carboxylic acid groups (broad SMARTS) is 1. The van der Waals surface area contributed by atoms with Crippen LogP contribution in [0.1, 0.15) is 84.4 Å². The molecule has 0 bridgehead atoms. The van der Waals surface area contributed by atoms with E-state index in [0.717, 1.165) is 23.9 Å². The molecule has 1 fully saturated rings. The summed E-state index contributed by atoms with van der Waals surface area (Å²) < 4.78 is 27.4. The molecule has 17 nitrogen and oxygen atoms in total. The number of rotatable bonds is 20. The zero-order valence-electron chi connectivity index (χ0n) is 38.1. The van der Waals surface area contributed by atoms with Gasteiger partial charge in [-0.15, -0.1) is 0 Å². The number of nitriles is 1. The number of aromatic amines is 1. The van der Waals surface area contributed by atoms with Crippen LogP contribution in [0.5, 0.6) is 0 Å². The second kappa shape index (κ2) is 22.6. The van der Waals surface area contributed by atoms with Crippen LogP contribution in [0.15, 0.2) is 80.9 Å². The van der Waals surface area contributed by atoms with E-state index in [1.165, 1.54) is 35.0 Å². The number of unbranched alkanes of at least 4 members (excludes halogenated alkanes) is 3. The van der Waals surface area contributed by atoms with Gasteiger partial charge in [0.25, 0.3) is 11.5 Å². The Morgan fingerprint density at radius 2 is 1.79 bits per heavy atom. The maximum absolute atomic E-state index is 13.5. The summed E-state index contributed by atoms with van der Waals surface area (Å²) >= 11 is 0. The van der Waals surface area contributed by atoms with Gasteiger partial charge in [0.2, 0.25) is 11.3 Å². The molecule has 0 spiro atoms. The van der Waals surface area contributed by atoms with E-state index >= 15 is 0 Å². The molecule has 2 aliphatic heterocycles. The molecule has 18 heteroatoms. The molecule has 0 saturated carbocycles. The Morgan fingerprint density at radius 3 is 2.48 bits per heavy atom. The van der Waals surface area contributed by atoms with Crippen LogP contribution < -0.4 is 36.7 Å². The highest BCUT2D eigenvalue weighted by molar-refractivity contribution is 7.46. The van der Waals surface area contributed by atoms with Crippen LogP contribution in [-0.4, -0.2) is 99.2 Å². The number of amides is 2. The minimum absolute atomic E-state index is 0.0586. The standard InChI is InChI=1S/C48H56N7O10P/c1-7-38-41(65-66(6)62-24-12-21-49)28-43(64-38)55-29-31(46(58)52-48(55)61)14-20-42(56)50-22-10-8-9-11-23-51-45(57)30-13-17-34(47(59)60)37(25-30)44-35-18-15-32(53(2)3)26-39(35)63-40-27-33(54(4)5)16-19-36(40)44/h13-20,25-27,29,38,41,43H,7-12,22-24,28H2,1-6H3,(H3-,50,51,52,56,57,58,59,60,61)/p+1/b20-14+/t38-,41-,43-,66?/m1/s1. The molecule has 2 amide bonds. The summed E-state index contributed by atoms with van der Waals surface area (Å²) in [5, 5.41) is 26.5. The van der Waals surface area contributed by atoms with E-state index in [1.54, 1.807) is 12.7 Å². The monoisotopic (exact) mass is 922 g/mol. The van der Waals surface area contributed by atoms with Crippen molar-refractivity contribution in [1.82, 2.24) is 24.8 Å². The van der Waals surface area contributed by atoms with Crippen LogP contribution >= 0.6 is 8.38 Å². The molecule has 2 aromatic carbocycles. The Morgan fingerprint density at radius 1 is 1.03 bits per heavy atom. The zero-order chi connectivity index (χ0) is 47.5. The molecule has 6 rings (SSSR count). The molecule has 1 unspecified atom stereocenters. The Kier molecular flexibility index (Phi) is 16.8. The summed E-state index contributed by atoms with van der Waals surface area (Å²) in [6.07, 6.45) is 6.74. The number of ether oxygens (including phenoxy) is 1. The number of nitrogens with zero attached hydrogens (tertiary/aromatic N) is 4. The molecule has 1 aromatic heterocycles. The third-order valence-electron chi connectivity index (χ3n) is 11.3. The summed E-state index contributed by atoms with van der Waals surface area (Å²) in [5.74, 6) is -1.27. The summed E-state index contributed by atoms with van der Waals surface area (Å²) in [6, 6.07) is 18.2.